The minimum atomic E-state index is -0.874. The van der Waals surface area contributed by atoms with Gasteiger partial charge in [-0.25, -0.2) is 0 Å². The van der Waals surface area contributed by atoms with Gasteiger partial charge in [0.1, 0.15) is 0 Å². The number of nitriles is 1. The molecular weight excluding hydrogens is 190 g/mol. The van der Waals surface area contributed by atoms with Crippen molar-refractivity contribution in [2.24, 2.45) is 11.3 Å². The van der Waals surface area contributed by atoms with E-state index < -0.39 is 5.41 Å². The zero-order valence-electron chi connectivity index (χ0n) is 8.01. The molecule has 1 saturated heterocycles. The number of rotatable bonds is 1. The van der Waals surface area contributed by atoms with Crippen LogP contribution in [0, 0.1) is 22.7 Å². The molecule has 1 aliphatic carbocycles. The predicted molar refractivity (Wildman–Crippen MR) is 51.7 cm³/mol. The van der Waals surface area contributed by atoms with Crippen LogP contribution in [-0.2, 0) is 9.53 Å². The monoisotopic (exact) mass is 199 g/mol. The summed E-state index contributed by atoms with van der Waals surface area (Å²) in [7, 11) is 0. The van der Waals surface area contributed by atoms with E-state index in [1.54, 1.807) is 0 Å². The van der Waals surface area contributed by atoms with Crippen molar-refractivity contribution < 1.29 is 9.53 Å². The lowest BCUT2D eigenvalue weighted by Gasteiger charge is -2.06. The van der Waals surface area contributed by atoms with Gasteiger partial charge in [-0.15, -0.1) is 0 Å². The fraction of sp³-hybridized carbons (Fsp3) is 0.333. The Hall–Kier alpha value is -1.82. The number of cyclic esters (lactones) is 1. The van der Waals surface area contributed by atoms with E-state index in [0.29, 0.717) is 6.61 Å². The first-order chi connectivity index (χ1) is 7.30. The molecule has 15 heavy (non-hydrogen) atoms. The van der Waals surface area contributed by atoms with Crippen LogP contribution < -0.4 is 0 Å². The van der Waals surface area contributed by atoms with Crippen LogP contribution in [0.25, 0.3) is 0 Å². The van der Waals surface area contributed by atoms with Gasteiger partial charge in [0.25, 0.3) is 0 Å². The van der Waals surface area contributed by atoms with E-state index in [0.717, 1.165) is 5.56 Å². The molecule has 1 heterocycles. The lowest BCUT2D eigenvalue weighted by atomic mass is 10.0. The van der Waals surface area contributed by atoms with E-state index in [4.69, 9.17) is 10.00 Å². The highest BCUT2D eigenvalue weighted by Crippen LogP contribution is 2.68. The second-order valence-corrected chi connectivity index (χ2v) is 4.07. The van der Waals surface area contributed by atoms with Crippen molar-refractivity contribution in [2.75, 3.05) is 6.61 Å². The molecule has 74 valence electrons. The van der Waals surface area contributed by atoms with E-state index >= 15 is 0 Å². The first kappa shape index (κ1) is 8.49. The van der Waals surface area contributed by atoms with Gasteiger partial charge in [-0.05, 0) is 5.56 Å². The number of nitrogens with zero attached hydrogens (tertiary/aromatic N) is 1. The Kier molecular flexibility index (Phi) is 1.47. The lowest BCUT2D eigenvalue weighted by Crippen LogP contribution is -2.14. The normalized spacial score (nSPS) is 36.6. The molecule has 0 spiro atoms. The summed E-state index contributed by atoms with van der Waals surface area (Å²) in [5, 5.41) is 9.12. The average molecular weight is 199 g/mol. The third-order valence-corrected chi connectivity index (χ3v) is 3.44. The molecule has 3 nitrogen and oxygen atoms in total. The van der Waals surface area contributed by atoms with Crippen LogP contribution in [0.3, 0.4) is 0 Å². The number of fused-ring (bicyclic) bond motifs is 1. The molecule has 0 amide bonds. The third-order valence-electron chi connectivity index (χ3n) is 3.44. The molecule has 1 aromatic carbocycles. The quantitative estimate of drug-likeness (QED) is 0.643. The number of carbonyl (C=O) groups is 1. The summed E-state index contributed by atoms with van der Waals surface area (Å²) >= 11 is 0. The zero-order valence-corrected chi connectivity index (χ0v) is 8.01. The second-order valence-electron chi connectivity index (χ2n) is 4.07. The van der Waals surface area contributed by atoms with Crippen molar-refractivity contribution >= 4 is 5.97 Å². The van der Waals surface area contributed by atoms with E-state index in [9.17, 15) is 4.79 Å². The largest absolute Gasteiger partial charge is 0.464 e. The van der Waals surface area contributed by atoms with Crippen LogP contribution >= 0.6 is 0 Å². The molecule has 0 aromatic heterocycles. The lowest BCUT2D eigenvalue weighted by molar-refractivity contribution is -0.143. The van der Waals surface area contributed by atoms with E-state index in [2.05, 4.69) is 6.07 Å². The van der Waals surface area contributed by atoms with E-state index in [-0.39, 0.29) is 17.8 Å². The molecule has 0 N–H and O–H groups in total. The molecule has 0 radical (unpaired) electrons. The topological polar surface area (TPSA) is 50.1 Å². The van der Waals surface area contributed by atoms with Crippen LogP contribution in [-0.4, -0.2) is 12.6 Å². The zero-order chi connectivity index (χ0) is 10.5. The molecule has 2 aliphatic rings. The molecule has 0 bridgehead atoms. The summed E-state index contributed by atoms with van der Waals surface area (Å²) in [6.45, 7) is 0.395. The Labute approximate surface area is 87.3 Å². The van der Waals surface area contributed by atoms with Crippen LogP contribution in [0.5, 0.6) is 0 Å². The van der Waals surface area contributed by atoms with Crippen molar-refractivity contribution in [3.8, 4) is 6.07 Å². The first-order valence-electron chi connectivity index (χ1n) is 4.94. The summed E-state index contributed by atoms with van der Waals surface area (Å²) in [4.78, 5) is 11.5. The number of benzene rings is 1. The van der Waals surface area contributed by atoms with Gasteiger partial charge in [-0.2, -0.15) is 5.26 Å². The standard InChI is InChI=1S/C12H9NO2/c13-7-12-9(6-15-11(12)14)10(12)8-4-2-1-3-5-8/h1-5,9-10H,6H2/t9-,10-,12-/m0/s1. The van der Waals surface area contributed by atoms with Crippen LogP contribution in [0.2, 0.25) is 0 Å². The van der Waals surface area contributed by atoms with Gasteiger partial charge in [-0.1, -0.05) is 30.3 Å². The minimum absolute atomic E-state index is 0.0462. The first-order valence-corrected chi connectivity index (χ1v) is 4.94. The molecule has 3 heteroatoms. The van der Waals surface area contributed by atoms with Crippen LogP contribution in [0.1, 0.15) is 11.5 Å². The number of esters is 1. The van der Waals surface area contributed by atoms with Gasteiger partial charge in [0.2, 0.25) is 0 Å². The van der Waals surface area contributed by atoms with Gasteiger partial charge in [0.05, 0.1) is 12.7 Å². The fourth-order valence-electron chi connectivity index (χ4n) is 2.60. The highest BCUT2D eigenvalue weighted by Gasteiger charge is 2.76. The summed E-state index contributed by atoms with van der Waals surface area (Å²) in [5.41, 5.74) is 0.196. The van der Waals surface area contributed by atoms with Crippen molar-refractivity contribution in [1.82, 2.24) is 0 Å². The molecule has 3 atom stereocenters. The van der Waals surface area contributed by atoms with Crippen molar-refractivity contribution in [3.63, 3.8) is 0 Å². The maximum Gasteiger partial charge on any atom is 0.327 e. The smallest absolute Gasteiger partial charge is 0.327 e. The molecule has 2 fully saturated rings. The maximum absolute atomic E-state index is 11.5. The van der Waals surface area contributed by atoms with Gasteiger partial charge in [-0.3, -0.25) is 4.79 Å². The average Bonchev–Trinajstić information content (AvgIpc) is 2.85. The Morgan fingerprint density at radius 2 is 2.13 bits per heavy atom. The summed E-state index contributed by atoms with van der Waals surface area (Å²) < 4.78 is 4.90. The summed E-state index contributed by atoms with van der Waals surface area (Å²) in [6.07, 6.45) is 0. The molecule has 0 unspecified atom stereocenters. The van der Waals surface area contributed by atoms with Gasteiger partial charge < -0.3 is 4.74 Å². The number of carbonyl (C=O) groups excluding carboxylic acids is 1. The van der Waals surface area contributed by atoms with Gasteiger partial charge in [0.15, 0.2) is 5.41 Å². The van der Waals surface area contributed by atoms with E-state index in [1.807, 2.05) is 30.3 Å². The molecule has 1 aliphatic heterocycles. The number of hydrogen-bond donors (Lipinski definition) is 0. The van der Waals surface area contributed by atoms with Crippen LogP contribution in [0.4, 0.5) is 0 Å². The summed E-state index contributed by atoms with van der Waals surface area (Å²) in [6, 6.07) is 11.9. The number of ether oxygens (including phenoxy) is 1. The minimum Gasteiger partial charge on any atom is -0.464 e. The molecular formula is C12H9NO2. The van der Waals surface area contributed by atoms with E-state index in [1.165, 1.54) is 0 Å². The Bertz CT molecular complexity index is 462. The fourth-order valence-corrected chi connectivity index (χ4v) is 2.60. The van der Waals surface area contributed by atoms with Crippen molar-refractivity contribution in [2.45, 2.75) is 5.92 Å². The highest BCUT2D eigenvalue weighted by atomic mass is 16.5. The third kappa shape index (κ3) is 0.866. The van der Waals surface area contributed by atoms with Crippen molar-refractivity contribution in [3.05, 3.63) is 35.9 Å². The van der Waals surface area contributed by atoms with Crippen molar-refractivity contribution in [1.29, 1.82) is 5.26 Å². The van der Waals surface area contributed by atoms with Gasteiger partial charge >= 0.3 is 5.97 Å². The van der Waals surface area contributed by atoms with Crippen LogP contribution in [0.15, 0.2) is 30.3 Å². The second kappa shape index (κ2) is 2.60. The number of hydrogen-bond acceptors (Lipinski definition) is 3. The maximum atomic E-state index is 11.5. The SMILES string of the molecule is N#C[C@]12C(=O)OC[C@H]1[C@@H]2c1ccccc1. The molecule has 3 rings (SSSR count). The predicted octanol–water partition coefficient (Wildman–Crippen LogP) is 1.47. The molecule has 1 saturated carbocycles. The summed E-state index contributed by atoms with van der Waals surface area (Å²) in [5.74, 6) is -0.230. The Morgan fingerprint density at radius 3 is 2.73 bits per heavy atom. The molecule has 1 aromatic rings. The Morgan fingerprint density at radius 1 is 1.40 bits per heavy atom. The Balaban J connectivity index is 2.01. The van der Waals surface area contributed by atoms with Gasteiger partial charge in [0, 0.05) is 11.8 Å². The highest BCUT2D eigenvalue weighted by molar-refractivity contribution is 5.89.